The molecule has 0 radical (unpaired) electrons. The molecule has 5 heteroatoms. The van der Waals surface area contributed by atoms with Crippen molar-refractivity contribution >= 4 is 22.5 Å². The van der Waals surface area contributed by atoms with Crippen LogP contribution >= 0.6 is 0 Å². The van der Waals surface area contributed by atoms with Crippen molar-refractivity contribution < 1.29 is 9.53 Å². The van der Waals surface area contributed by atoms with Crippen LogP contribution in [0, 0.1) is 0 Å². The molecule has 21 heavy (non-hydrogen) atoms. The van der Waals surface area contributed by atoms with Gasteiger partial charge in [0.15, 0.2) is 0 Å². The maximum atomic E-state index is 11.9. The minimum atomic E-state index is -0.204. The molecule has 0 saturated carbocycles. The first-order valence-electron chi connectivity index (χ1n) is 7.11. The molecule has 0 saturated heterocycles. The summed E-state index contributed by atoms with van der Waals surface area (Å²) in [5.41, 5.74) is 6.13. The lowest BCUT2D eigenvalue weighted by Gasteiger charge is -2.10. The topological polar surface area (TPSA) is 76.4 Å². The van der Waals surface area contributed by atoms with E-state index in [0.29, 0.717) is 26.3 Å². The van der Waals surface area contributed by atoms with E-state index < -0.39 is 0 Å². The fourth-order valence-corrected chi connectivity index (χ4v) is 2.06. The first-order chi connectivity index (χ1) is 10.3. The normalized spacial score (nSPS) is 10.5. The summed E-state index contributed by atoms with van der Waals surface area (Å²) in [5.74, 6) is 0. The highest BCUT2D eigenvalue weighted by Crippen LogP contribution is 2.22. The highest BCUT2D eigenvalue weighted by molar-refractivity contribution is 6.01. The molecule has 0 unspecified atom stereocenters. The summed E-state index contributed by atoms with van der Waals surface area (Å²) in [6.45, 7) is 2.25. The number of hydrogen-bond acceptors (Lipinski definition) is 3. The summed E-state index contributed by atoms with van der Waals surface area (Å²) >= 11 is 0. The van der Waals surface area contributed by atoms with Gasteiger partial charge in [-0.25, -0.2) is 4.79 Å². The second-order valence-electron chi connectivity index (χ2n) is 4.66. The van der Waals surface area contributed by atoms with Gasteiger partial charge in [0, 0.05) is 25.1 Å². The van der Waals surface area contributed by atoms with Gasteiger partial charge in [0.25, 0.3) is 0 Å². The van der Waals surface area contributed by atoms with Crippen molar-refractivity contribution in [3.63, 3.8) is 0 Å². The number of amides is 2. The monoisotopic (exact) mass is 287 g/mol. The summed E-state index contributed by atoms with van der Waals surface area (Å²) in [7, 11) is 0. The Morgan fingerprint density at radius 1 is 1.10 bits per heavy atom. The Bertz CT molecular complexity index is 581. The minimum absolute atomic E-state index is 0.204. The van der Waals surface area contributed by atoms with Crippen LogP contribution in [0.1, 0.15) is 6.42 Å². The number of rotatable bonds is 7. The first kappa shape index (κ1) is 15.3. The second kappa shape index (κ2) is 8.24. The number of benzene rings is 2. The molecule has 2 amide bonds. The predicted octanol–water partition coefficient (Wildman–Crippen LogP) is 2.33. The number of urea groups is 1. The van der Waals surface area contributed by atoms with Gasteiger partial charge in [-0.05, 0) is 17.9 Å². The number of carbonyl (C=O) groups excluding carboxylic acids is 1. The molecule has 0 aliphatic heterocycles. The quantitative estimate of drug-likeness (QED) is 0.684. The lowest BCUT2D eigenvalue weighted by molar-refractivity contribution is 0.139. The molecule has 5 nitrogen and oxygen atoms in total. The zero-order chi connectivity index (χ0) is 14.9. The number of anilines is 1. The smallest absolute Gasteiger partial charge is 0.319 e. The Morgan fingerprint density at radius 3 is 2.76 bits per heavy atom. The van der Waals surface area contributed by atoms with E-state index in [9.17, 15) is 4.79 Å². The SMILES string of the molecule is NCCOCCCNC(=O)Nc1cccc2ccccc12. The maximum Gasteiger partial charge on any atom is 0.319 e. The number of carbonyl (C=O) groups is 1. The van der Waals surface area contributed by atoms with Crippen LogP contribution in [0.25, 0.3) is 10.8 Å². The van der Waals surface area contributed by atoms with E-state index in [-0.39, 0.29) is 6.03 Å². The number of nitrogens with one attached hydrogen (secondary N) is 2. The molecule has 2 rings (SSSR count). The predicted molar refractivity (Wildman–Crippen MR) is 85.5 cm³/mol. The van der Waals surface area contributed by atoms with E-state index in [0.717, 1.165) is 22.9 Å². The lowest BCUT2D eigenvalue weighted by atomic mass is 10.1. The molecule has 0 atom stereocenters. The van der Waals surface area contributed by atoms with Gasteiger partial charge in [-0.15, -0.1) is 0 Å². The molecular formula is C16H21N3O2. The average Bonchev–Trinajstić information content (AvgIpc) is 2.51. The fraction of sp³-hybridized carbons (Fsp3) is 0.312. The van der Waals surface area contributed by atoms with Gasteiger partial charge in [0.2, 0.25) is 0 Å². The van der Waals surface area contributed by atoms with Crippen molar-refractivity contribution in [1.29, 1.82) is 0 Å². The molecule has 4 N–H and O–H groups in total. The molecule has 2 aromatic rings. The third-order valence-corrected chi connectivity index (χ3v) is 3.05. The van der Waals surface area contributed by atoms with Crippen LogP contribution in [0.2, 0.25) is 0 Å². The second-order valence-corrected chi connectivity index (χ2v) is 4.66. The number of ether oxygens (including phenoxy) is 1. The minimum Gasteiger partial charge on any atom is -0.380 e. The van der Waals surface area contributed by atoms with Crippen LogP contribution in [0.3, 0.4) is 0 Å². The standard InChI is InChI=1S/C16H21N3O2/c17-9-12-21-11-4-10-18-16(20)19-15-8-3-6-13-5-1-2-7-14(13)15/h1-3,5-8H,4,9-12,17H2,(H2,18,19,20). The molecule has 0 heterocycles. The van der Waals surface area contributed by atoms with E-state index in [1.807, 2.05) is 42.5 Å². The Labute approximate surface area is 124 Å². The van der Waals surface area contributed by atoms with Gasteiger partial charge < -0.3 is 21.1 Å². The van der Waals surface area contributed by atoms with Crippen LogP contribution < -0.4 is 16.4 Å². The summed E-state index contributed by atoms with van der Waals surface area (Å²) in [5, 5.41) is 7.82. The Balaban J connectivity index is 1.82. The largest absolute Gasteiger partial charge is 0.380 e. The molecule has 0 bridgehead atoms. The first-order valence-corrected chi connectivity index (χ1v) is 7.11. The van der Waals surface area contributed by atoms with Crippen molar-refractivity contribution in [2.24, 2.45) is 5.73 Å². The molecule has 2 aromatic carbocycles. The summed E-state index contributed by atoms with van der Waals surface area (Å²) in [6.07, 6.45) is 0.767. The van der Waals surface area contributed by atoms with Gasteiger partial charge in [-0.3, -0.25) is 0 Å². The van der Waals surface area contributed by atoms with Crippen LogP contribution in [-0.4, -0.2) is 32.3 Å². The van der Waals surface area contributed by atoms with Gasteiger partial charge in [-0.1, -0.05) is 36.4 Å². The summed E-state index contributed by atoms with van der Waals surface area (Å²) < 4.78 is 5.24. The molecule has 0 fully saturated rings. The highest BCUT2D eigenvalue weighted by Gasteiger charge is 2.04. The zero-order valence-corrected chi connectivity index (χ0v) is 12.0. The zero-order valence-electron chi connectivity index (χ0n) is 12.0. The van der Waals surface area contributed by atoms with Crippen molar-refractivity contribution in [2.45, 2.75) is 6.42 Å². The van der Waals surface area contributed by atoms with Crippen LogP contribution in [0.5, 0.6) is 0 Å². The molecule has 0 spiro atoms. The Kier molecular flexibility index (Phi) is 5.99. The van der Waals surface area contributed by atoms with Crippen LogP contribution in [-0.2, 0) is 4.74 Å². The van der Waals surface area contributed by atoms with E-state index in [1.54, 1.807) is 0 Å². The number of fused-ring (bicyclic) bond motifs is 1. The van der Waals surface area contributed by atoms with Gasteiger partial charge >= 0.3 is 6.03 Å². The summed E-state index contributed by atoms with van der Waals surface area (Å²) in [4.78, 5) is 11.9. The van der Waals surface area contributed by atoms with Crippen LogP contribution in [0.4, 0.5) is 10.5 Å². The maximum absolute atomic E-state index is 11.9. The van der Waals surface area contributed by atoms with Crippen molar-refractivity contribution in [3.8, 4) is 0 Å². The number of hydrogen-bond donors (Lipinski definition) is 3. The average molecular weight is 287 g/mol. The van der Waals surface area contributed by atoms with Crippen molar-refractivity contribution in [2.75, 3.05) is 31.6 Å². The van der Waals surface area contributed by atoms with Gasteiger partial charge in [0.05, 0.1) is 12.3 Å². The van der Waals surface area contributed by atoms with Gasteiger partial charge in [0.1, 0.15) is 0 Å². The van der Waals surface area contributed by atoms with Crippen LogP contribution in [0.15, 0.2) is 42.5 Å². The Morgan fingerprint density at radius 2 is 1.90 bits per heavy atom. The molecule has 0 aliphatic carbocycles. The third-order valence-electron chi connectivity index (χ3n) is 3.05. The molecule has 0 aromatic heterocycles. The lowest BCUT2D eigenvalue weighted by Crippen LogP contribution is -2.30. The Hall–Kier alpha value is -2.11. The molecule has 0 aliphatic rings. The highest BCUT2D eigenvalue weighted by atomic mass is 16.5. The number of nitrogens with two attached hydrogens (primary N) is 1. The molecule has 112 valence electrons. The third kappa shape index (κ3) is 4.73. The summed E-state index contributed by atoms with van der Waals surface area (Å²) in [6, 6.07) is 13.6. The van der Waals surface area contributed by atoms with E-state index in [4.69, 9.17) is 10.5 Å². The van der Waals surface area contributed by atoms with E-state index in [2.05, 4.69) is 10.6 Å². The van der Waals surface area contributed by atoms with Crippen molar-refractivity contribution in [3.05, 3.63) is 42.5 Å². The van der Waals surface area contributed by atoms with E-state index >= 15 is 0 Å². The van der Waals surface area contributed by atoms with E-state index in [1.165, 1.54) is 0 Å². The van der Waals surface area contributed by atoms with Crippen molar-refractivity contribution in [1.82, 2.24) is 5.32 Å². The fourth-order valence-electron chi connectivity index (χ4n) is 2.06. The molecular weight excluding hydrogens is 266 g/mol. The van der Waals surface area contributed by atoms with Gasteiger partial charge in [-0.2, -0.15) is 0 Å².